The zero-order valence-electron chi connectivity index (χ0n) is 10.4. The van der Waals surface area contributed by atoms with Crippen LogP contribution in [0.25, 0.3) is 6.08 Å². The van der Waals surface area contributed by atoms with E-state index in [2.05, 4.69) is 13.8 Å². The number of methoxy groups -OCH3 is 1. The summed E-state index contributed by atoms with van der Waals surface area (Å²) in [5.74, 6) is 0.365. The molecule has 3 nitrogen and oxygen atoms in total. The van der Waals surface area contributed by atoms with E-state index in [4.69, 9.17) is 9.84 Å². The van der Waals surface area contributed by atoms with Crippen LogP contribution in [-0.4, -0.2) is 18.2 Å². The van der Waals surface area contributed by atoms with Crippen molar-refractivity contribution >= 4 is 12.0 Å². The third-order valence-electron chi connectivity index (χ3n) is 2.51. The molecule has 1 N–H and O–H groups in total. The molecule has 1 rings (SSSR count). The fraction of sp³-hybridized carbons (Fsp3) is 0.357. The fourth-order valence-electron chi connectivity index (χ4n) is 1.53. The van der Waals surface area contributed by atoms with Crippen molar-refractivity contribution in [2.24, 2.45) is 0 Å². The first kappa shape index (κ1) is 13.3. The minimum atomic E-state index is -0.833. The maximum absolute atomic E-state index is 10.4. The van der Waals surface area contributed by atoms with Crippen LogP contribution in [0.2, 0.25) is 0 Å². The molecule has 0 fully saturated rings. The predicted molar refractivity (Wildman–Crippen MR) is 68.4 cm³/mol. The van der Waals surface area contributed by atoms with E-state index in [1.54, 1.807) is 19.3 Å². The van der Waals surface area contributed by atoms with E-state index in [0.29, 0.717) is 5.92 Å². The lowest BCUT2D eigenvalue weighted by atomic mass is 10.00. The van der Waals surface area contributed by atoms with Gasteiger partial charge in [0.15, 0.2) is 0 Å². The Morgan fingerprint density at radius 3 is 2.71 bits per heavy atom. The minimum Gasteiger partial charge on any atom is -0.496 e. The summed E-state index contributed by atoms with van der Waals surface area (Å²) < 4.78 is 5.24. The number of carboxylic acid groups (broad SMARTS) is 1. The fourth-order valence-corrected chi connectivity index (χ4v) is 1.53. The van der Waals surface area contributed by atoms with Crippen molar-refractivity contribution in [3.8, 4) is 5.75 Å². The summed E-state index contributed by atoms with van der Waals surface area (Å²) in [6.45, 7) is 4.24. The topological polar surface area (TPSA) is 46.5 Å². The Balaban J connectivity index is 2.97. The van der Waals surface area contributed by atoms with Crippen molar-refractivity contribution in [1.82, 2.24) is 0 Å². The zero-order chi connectivity index (χ0) is 12.8. The van der Waals surface area contributed by atoms with Crippen LogP contribution in [0.4, 0.5) is 0 Å². The smallest absolute Gasteiger partial charge is 0.307 e. The largest absolute Gasteiger partial charge is 0.496 e. The highest BCUT2D eigenvalue weighted by Crippen LogP contribution is 2.25. The van der Waals surface area contributed by atoms with E-state index in [9.17, 15) is 4.79 Å². The standard InChI is InChI=1S/C14H18O3/c1-10(2)11-7-8-13(17-3)12(9-11)5-4-6-14(15)16/h4-5,7-10H,6H2,1-3H3,(H,15,16)/b5-4+. The van der Waals surface area contributed by atoms with Gasteiger partial charge in [-0.2, -0.15) is 0 Å². The summed E-state index contributed by atoms with van der Waals surface area (Å²) in [7, 11) is 1.61. The highest BCUT2D eigenvalue weighted by atomic mass is 16.5. The molecule has 0 aliphatic carbocycles. The SMILES string of the molecule is COc1ccc(C(C)C)cc1/C=C/CC(=O)O. The van der Waals surface area contributed by atoms with Gasteiger partial charge < -0.3 is 9.84 Å². The number of rotatable bonds is 5. The number of hydrogen-bond acceptors (Lipinski definition) is 2. The Labute approximate surface area is 102 Å². The Morgan fingerprint density at radius 1 is 1.47 bits per heavy atom. The van der Waals surface area contributed by atoms with Gasteiger partial charge in [-0.05, 0) is 23.6 Å². The van der Waals surface area contributed by atoms with Crippen LogP contribution in [-0.2, 0) is 4.79 Å². The maximum Gasteiger partial charge on any atom is 0.307 e. The number of carboxylic acids is 1. The average molecular weight is 234 g/mol. The van der Waals surface area contributed by atoms with E-state index in [1.165, 1.54) is 5.56 Å². The van der Waals surface area contributed by atoms with Gasteiger partial charge in [-0.25, -0.2) is 0 Å². The van der Waals surface area contributed by atoms with Crippen LogP contribution in [0, 0.1) is 0 Å². The van der Waals surface area contributed by atoms with E-state index < -0.39 is 5.97 Å². The monoisotopic (exact) mass is 234 g/mol. The Kier molecular flexibility index (Phi) is 4.76. The number of hydrogen-bond donors (Lipinski definition) is 1. The van der Waals surface area contributed by atoms with Gasteiger partial charge in [-0.3, -0.25) is 4.79 Å². The predicted octanol–water partition coefficient (Wildman–Crippen LogP) is 3.31. The molecule has 17 heavy (non-hydrogen) atoms. The molecule has 0 aliphatic rings. The molecule has 92 valence electrons. The third-order valence-corrected chi connectivity index (χ3v) is 2.51. The average Bonchev–Trinajstić information content (AvgIpc) is 2.28. The van der Waals surface area contributed by atoms with Crippen molar-refractivity contribution in [3.63, 3.8) is 0 Å². The number of aliphatic carboxylic acids is 1. The molecule has 0 unspecified atom stereocenters. The van der Waals surface area contributed by atoms with Gasteiger partial charge in [-0.15, -0.1) is 0 Å². The van der Waals surface area contributed by atoms with Crippen LogP contribution < -0.4 is 4.74 Å². The lowest BCUT2D eigenvalue weighted by molar-refractivity contribution is -0.135. The van der Waals surface area contributed by atoms with Crippen LogP contribution >= 0.6 is 0 Å². The first-order valence-electron chi connectivity index (χ1n) is 5.61. The van der Waals surface area contributed by atoms with Crippen molar-refractivity contribution < 1.29 is 14.6 Å². The molecule has 0 saturated heterocycles. The summed E-state index contributed by atoms with van der Waals surface area (Å²) >= 11 is 0. The molecule has 1 aromatic carbocycles. The Morgan fingerprint density at radius 2 is 2.18 bits per heavy atom. The van der Waals surface area contributed by atoms with Gasteiger partial charge in [0.2, 0.25) is 0 Å². The van der Waals surface area contributed by atoms with Gasteiger partial charge in [0.05, 0.1) is 13.5 Å². The number of benzene rings is 1. The molecule has 0 aliphatic heterocycles. The molecule has 1 aromatic rings. The van der Waals surface area contributed by atoms with Crippen LogP contribution in [0.5, 0.6) is 5.75 Å². The first-order chi connectivity index (χ1) is 8.04. The minimum absolute atomic E-state index is 0.0229. The van der Waals surface area contributed by atoms with Crippen LogP contribution in [0.15, 0.2) is 24.3 Å². The second-order valence-electron chi connectivity index (χ2n) is 4.16. The van der Waals surface area contributed by atoms with E-state index in [1.807, 2.05) is 18.2 Å². The van der Waals surface area contributed by atoms with Gasteiger partial charge in [-0.1, -0.05) is 32.1 Å². The molecule has 0 saturated carbocycles. The Bertz CT molecular complexity index is 419. The molecule has 0 spiro atoms. The lowest BCUT2D eigenvalue weighted by Crippen LogP contribution is -1.93. The summed E-state index contributed by atoms with van der Waals surface area (Å²) in [6.07, 6.45) is 3.44. The molecule has 0 amide bonds. The van der Waals surface area contributed by atoms with Gasteiger partial charge in [0.1, 0.15) is 5.75 Å². The quantitative estimate of drug-likeness (QED) is 0.850. The van der Waals surface area contributed by atoms with Crippen molar-refractivity contribution in [2.45, 2.75) is 26.2 Å². The third kappa shape index (κ3) is 3.94. The normalized spacial score (nSPS) is 11.1. The van der Waals surface area contributed by atoms with Gasteiger partial charge in [0.25, 0.3) is 0 Å². The van der Waals surface area contributed by atoms with E-state index in [-0.39, 0.29) is 6.42 Å². The van der Waals surface area contributed by atoms with Crippen LogP contribution in [0.3, 0.4) is 0 Å². The van der Waals surface area contributed by atoms with Gasteiger partial charge >= 0.3 is 5.97 Å². The molecular weight excluding hydrogens is 216 g/mol. The van der Waals surface area contributed by atoms with E-state index >= 15 is 0 Å². The molecular formula is C14H18O3. The molecule has 0 radical (unpaired) electrons. The molecule has 0 heterocycles. The summed E-state index contributed by atoms with van der Waals surface area (Å²) in [5, 5.41) is 8.58. The highest BCUT2D eigenvalue weighted by Gasteiger charge is 2.04. The maximum atomic E-state index is 10.4. The lowest BCUT2D eigenvalue weighted by Gasteiger charge is -2.10. The molecule has 0 atom stereocenters. The number of ether oxygens (including phenoxy) is 1. The molecule has 3 heteroatoms. The van der Waals surface area contributed by atoms with Crippen molar-refractivity contribution in [2.75, 3.05) is 7.11 Å². The van der Waals surface area contributed by atoms with Gasteiger partial charge in [0, 0.05) is 5.56 Å². The van der Waals surface area contributed by atoms with Crippen LogP contribution in [0.1, 0.15) is 37.3 Å². The Hall–Kier alpha value is -1.77. The second-order valence-corrected chi connectivity index (χ2v) is 4.16. The summed E-state index contributed by atoms with van der Waals surface area (Å²) in [4.78, 5) is 10.4. The zero-order valence-corrected chi connectivity index (χ0v) is 10.4. The highest BCUT2D eigenvalue weighted by molar-refractivity contribution is 5.71. The second kappa shape index (κ2) is 6.09. The van der Waals surface area contributed by atoms with Crippen molar-refractivity contribution in [1.29, 1.82) is 0 Å². The van der Waals surface area contributed by atoms with E-state index in [0.717, 1.165) is 11.3 Å². The number of carbonyl (C=O) groups is 1. The summed E-state index contributed by atoms with van der Waals surface area (Å²) in [5.41, 5.74) is 2.13. The summed E-state index contributed by atoms with van der Waals surface area (Å²) in [6, 6.07) is 5.97. The van der Waals surface area contributed by atoms with Crippen molar-refractivity contribution in [3.05, 3.63) is 35.4 Å². The first-order valence-corrected chi connectivity index (χ1v) is 5.61. The molecule has 0 aromatic heterocycles. The molecule has 0 bridgehead atoms.